The van der Waals surface area contributed by atoms with Crippen LogP contribution in [0.15, 0.2) is 54.6 Å². The highest BCUT2D eigenvalue weighted by Crippen LogP contribution is 2.33. The van der Waals surface area contributed by atoms with E-state index in [1.807, 2.05) is 47.4 Å². The molecule has 3 nitrogen and oxygen atoms in total. The number of hydrogen-bond donors (Lipinski definition) is 1. The number of aliphatic hydroxyl groups excluding tert-OH is 1. The van der Waals surface area contributed by atoms with Gasteiger partial charge in [-0.2, -0.15) is 0 Å². The number of carbonyl (C=O) groups excluding carboxylic acids is 1. The van der Waals surface area contributed by atoms with Crippen LogP contribution in [0.25, 0.3) is 0 Å². The SMILES string of the molecule is O=C(C[C@H](c1ccccc1)c1ccccc1Cl)N1CCC(CO)CC1. The van der Waals surface area contributed by atoms with Crippen LogP contribution in [-0.4, -0.2) is 35.6 Å². The maximum absolute atomic E-state index is 12.9. The number of carbonyl (C=O) groups is 1. The standard InChI is InChI=1S/C21H24ClNO2/c22-20-9-5-4-8-18(20)19(17-6-2-1-3-7-17)14-21(25)23-12-10-16(15-24)11-13-23/h1-9,16,19,24H,10-15H2/t19-/m1/s1. The Hall–Kier alpha value is -1.84. The first kappa shape index (κ1) is 18.0. The van der Waals surface area contributed by atoms with Crippen molar-refractivity contribution < 1.29 is 9.90 Å². The minimum absolute atomic E-state index is 0.0436. The number of amides is 1. The number of hydrogen-bond acceptors (Lipinski definition) is 2. The Kier molecular flexibility index (Phi) is 6.11. The van der Waals surface area contributed by atoms with Crippen molar-refractivity contribution in [2.24, 2.45) is 5.92 Å². The Labute approximate surface area is 154 Å². The van der Waals surface area contributed by atoms with E-state index >= 15 is 0 Å². The minimum atomic E-state index is -0.0436. The molecule has 3 rings (SSSR count). The van der Waals surface area contributed by atoms with E-state index in [0.29, 0.717) is 17.4 Å². The third-order valence-corrected chi connectivity index (χ3v) is 5.43. The van der Waals surface area contributed by atoms with Crippen molar-refractivity contribution in [3.8, 4) is 0 Å². The molecule has 2 aromatic carbocycles. The summed E-state index contributed by atoms with van der Waals surface area (Å²) in [5.74, 6) is 0.445. The van der Waals surface area contributed by atoms with Crippen LogP contribution in [0.5, 0.6) is 0 Å². The molecule has 1 atom stereocenters. The van der Waals surface area contributed by atoms with E-state index in [-0.39, 0.29) is 18.4 Å². The molecule has 132 valence electrons. The van der Waals surface area contributed by atoms with Gasteiger partial charge in [0.15, 0.2) is 0 Å². The van der Waals surface area contributed by atoms with Crippen molar-refractivity contribution in [3.05, 3.63) is 70.7 Å². The van der Waals surface area contributed by atoms with Crippen molar-refractivity contribution in [2.45, 2.75) is 25.2 Å². The lowest BCUT2D eigenvalue weighted by molar-refractivity contribution is -0.133. The van der Waals surface area contributed by atoms with Gasteiger partial charge in [0.05, 0.1) is 0 Å². The number of halogens is 1. The zero-order valence-corrected chi connectivity index (χ0v) is 15.0. The number of benzene rings is 2. The monoisotopic (exact) mass is 357 g/mol. The Morgan fingerprint density at radius 3 is 2.36 bits per heavy atom. The summed E-state index contributed by atoms with van der Waals surface area (Å²) in [6, 6.07) is 17.8. The lowest BCUT2D eigenvalue weighted by atomic mass is 9.87. The molecule has 4 heteroatoms. The summed E-state index contributed by atoms with van der Waals surface area (Å²) in [4.78, 5) is 14.8. The minimum Gasteiger partial charge on any atom is -0.396 e. The zero-order chi connectivity index (χ0) is 17.6. The molecule has 1 aliphatic rings. The number of likely N-dealkylation sites (tertiary alicyclic amines) is 1. The molecule has 0 saturated carbocycles. The fraction of sp³-hybridized carbons (Fsp3) is 0.381. The third-order valence-electron chi connectivity index (χ3n) is 5.09. The second-order valence-electron chi connectivity index (χ2n) is 6.70. The van der Waals surface area contributed by atoms with Crippen molar-refractivity contribution in [2.75, 3.05) is 19.7 Å². The lowest BCUT2D eigenvalue weighted by Gasteiger charge is -2.32. The topological polar surface area (TPSA) is 40.5 Å². The van der Waals surface area contributed by atoms with Gasteiger partial charge in [0.25, 0.3) is 0 Å². The van der Waals surface area contributed by atoms with E-state index in [1.54, 1.807) is 0 Å². The molecule has 1 fully saturated rings. The summed E-state index contributed by atoms with van der Waals surface area (Å²) < 4.78 is 0. The van der Waals surface area contributed by atoms with Gasteiger partial charge in [-0.15, -0.1) is 0 Å². The first-order valence-corrected chi connectivity index (χ1v) is 9.25. The van der Waals surface area contributed by atoms with Crippen molar-refractivity contribution in [1.29, 1.82) is 0 Å². The molecule has 1 amide bonds. The second kappa shape index (κ2) is 8.50. The average molecular weight is 358 g/mol. The Morgan fingerprint density at radius 1 is 1.08 bits per heavy atom. The fourth-order valence-corrected chi connectivity index (χ4v) is 3.79. The van der Waals surface area contributed by atoms with Gasteiger partial charge in [-0.1, -0.05) is 60.1 Å². The Bertz CT molecular complexity index is 696. The van der Waals surface area contributed by atoms with E-state index in [2.05, 4.69) is 12.1 Å². The van der Waals surface area contributed by atoms with Gasteiger partial charge in [-0.25, -0.2) is 0 Å². The fourth-order valence-electron chi connectivity index (χ4n) is 3.52. The van der Waals surface area contributed by atoms with Gasteiger partial charge >= 0.3 is 0 Å². The molecule has 1 saturated heterocycles. The Balaban J connectivity index is 1.79. The summed E-state index contributed by atoms with van der Waals surface area (Å²) >= 11 is 6.42. The molecule has 1 N–H and O–H groups in total. The zero-order valence-electron chi connectivity index (χ0n) is 14.3. The first-order chi connectivity index (χ1) is 12.2. The molecular weight excluding hydrogens is 334 g/mol. The molecule has 0 unspecified atom stereocenters. The van der Waals surface area contributed by atoms with Crippen LogP contribution in [0.2, 0.25) is 5.02 Å². The van der Waals surface area contributed by atoms with Crippen LogP contribution in [-0.2, 0) is 4.79 Å². The summed E-state index contributed by atoms with van der Waals surface area (Å²) in [7, 11) is 0. The van der Waals surface area contributed by atoms with Gasteiger partial charge in [0.1, 0.15) is 0 Å². The lowest BCUT2D eigenvalue weighted by Crippen LogP contribution is -2.39. The smallest absolute Gasteiger partial charge is 0.223 e. The maximum atomic E-state index is 12.9. The number of nitrogens with zero attached hydrogens (tertiary/aromatic N) is 1. The number of rotatable bonds is 5. The van der Waals surface area contributed by atoms with Crippen LogP contribution in [0.1, 0.15) is 36.3 Å². The molecule has 1 heterocycles. The van der Waals surface area contributed by atoms with Crippen LogP contribution < -0.4 is 0 Å². The summed E-state index contributed by atoms with van der Waals surface area (Å²) in [6.07, 6.45) is 2.17. The normalized spacial score (nSPS) is 16.6. The van der Waals surface area contributed by atoms with Gasteiger partial charge in [-0.05, 0) is 36.0 Å². The van der Waals surface area contributed by atoms with Gasteiger partial charge < -0.3 is 10.0 Å². The molecule has 0 spiro atoms. The van der Waals surface area contributed by atoms with Crippen LogP contribution in [0.4, 0.5) is 0 Å². The molecule has 0 bridgehead atoms. The molecule has 2 aromatic rings. The largest absolute Gasteiger partial charge is 0.396 e. The molecule has 0 aliphatic carbocycles. The van der Waals surface area contributed by atoms with E-state index < -0.39 is 0 Å². The molecule has 0 radical (unpaired) electrons. The summed E-state index contributed by atoms with van der Waals surface area (Å²) in [5, 5.41) is 9.97. The van der Waals surface area contributed by atoms with E-state index in [0.717, 1.165) is 37.1 Å². The molecule has 1 aliphatic heterocycles. The van der Waals surface area contributed by atoms with E-state index in [4.69, 9.17) is 11.6 Å². The predicted molar refractivity (Wildman–Crippen MR) is 101 cm³/mol. The van der Waals surface area contributed by atoms with Gasteiger partial charge in [0.2, 0.25) is 5.91 Å². The van der Waals surface area contributed by atoms with Crippen LogP contribution in [0.3, 0.4) is 0 Å². The number of aliphatic hydroxyl groups is 1. The number of piperidine rings is 1. The quantitative estimate of drug-likeness (QED) is 0.875. The molecular formula is C21H24ClNO2. The second-order valence-corrected chi connectivity index (χ2v) is 7.10. The van der Waals surface area contributed by atoms with Gasteiger partial charge in [0, 0.05) is 37.1 Å². The van der Waals surface area contributed by atoms with Gasteiger partial charge in [-0.3, -0.25) is 4.79 Å². The molecule has 0 aromatic heterocycles. The van der Waals surface area contributed by atoms with Crippen molar-refractivity contribution in [1.82, 2.24) is 4.90 Å². The molecule has 25 heavy (non-hydrogen) atoms. The summed E-state index contributed by atoms with van der Waals surface area (Å²) in [6.45, 7) is 1.68. The van der Waals surface area contributed by atoms with Crippen molar-refractivity contribution in [3.63, 3.8) is 0 Å². The Morgan fingerprint density at radius 2 is 1.72 bits per heavy atom. The van der Waals surface area contributed by atoms with Crippen LogP contribution >= 0.6 is 11.6 Å². The average Bonchev–Trinajstić information content (AvgIpc) is 2.67. The highest BCUT2D eigenvalue weighted by Gasteiger charge is 2.26. The van der Waals surface area contributed by atoms with Crippen LogP contribution in [0, 0.1) is 5.92 Å². The van der Waals surface area contributed by atoms with Crippen molar-refractivity contribution >= 4 is 17.5 Å². The highest BCUT2D eigenvalue weighted by atomic mass is 35.5. The maximum Gasteiger partial charge on any atom is 0.223 e. The van der Waals surface area contributed by atoms with E-state index in [9.17, 15) is 9.90 Å². The summed E-state index contributed by atoms with van der Waals surface area (Å²) in [5.41, 5.74) is 2.10. The highest BCUT2D eigenvalue weighted by molar-refractivity contribution is 6.31. The third kappa shape index (κ3) is 4.42. The first-order valence-electron chi connectivity index (χ1n) is 8.87. The van der Waals surface area contributed by atoms with E-state index in [1.165, 1.54) is 0 Å². The predicted octanol–water partition coefficient (Wildman–Crippen LogP) is 4.09.